The van der Waals surface area contributed by atoms with Crippen molar-refractivity contribution in [2.45, 2.75) is 32.2 Å². The quantitative estimate of drug-likeness (QED) is 0.609. The third kappa shape index (κ3) is 3.89. The van der Waals surface area contributed by atoms with Crippen LogP contribution in [-0.4, -0.2) is 68.8 Å². The van der Waals surface area contributed by atoms with Gasteiger partial charge in [-0.1, -0.05) is 0 Å². The number of aromatic nitrogens is 3. The van der Waals surface area contributed by atoms with Crippen LogP contribution < -0.4 is 10.2 Å². The van der Waals surface area contributed by atoms with Crippen molar-refractivity contribution >= 4 is 28.8 Å². The standard InChI is InChI=1S/C22H25FN6O3/c1-22(2,32)18(23)12-28-11-13-8-16(17(27(3)4)9-14(13)21(28)31)26-20(30)15-10-25-29-7-5-6-24-19(15)29/h5-10,18,32H,11-12H2,1-4H3,(H,26,30)/t18-/m1/s1. The fourth-order valence-corrected chi connectivity index (χ4v) is 3.62. The summed E-state index contributed by atoms with van der Waals surface area (Å²) in [6, 6.07) is 5.14. The number of nitrogens with one attached hydrogen (secondary N) is 1. The van der Waals surface area contributed by atoms with Crippen molar-refractivity contribution < 1.29 is 19.1 Å². The van der Waals surface area contributed by atoms with Crippen LogP contribution >= 0.6 is 0 Å². The van der Waals surface area contributed by atoms with Gasteiger partial charge >= 0.3 is 0 Å². The number of carbonyl (C=O) groups excluding carboxylic acids is 2. The summed E-state index contributed by atoms with van der Waals surface area (Å²) in [4.78, 5) is 33.2. The average molecular weight is 440 g/mol. The molecule has 10 heteroatoms. The predicted octanol–water partition coefficient (Wildman–Crippen LogP) is 2.11. The van der Waals surface area contributed by atoms with Gasteiger partial charge in [0, 0.05) is 38.6 Å². The van der Waals surface area contributed by atoms with Crippen LogP contribution in [0.5, 0.6) is 0 Å². The lowest BCUT2D eigenvalue weighted by Crippen LogP contribution is -2.42. The van der Waals surface area contributed by atoms with E-state index in [1.807, 2.05) is 0 Å². The van der Waals surface area contributed by atoms with Crippen LogP contribution in [0.1, 0.15) is 40.1 Å². The second-order valence-corrected chi connectivity index (χ2v) is 8.63. The van der Waals surface area contributed by atoms with Gasteiger partial charge in [-0.15, -0.1) is 0 Å². The molecule has 0 fully saturated rings. The minimum absolute atomic E-state index is 0.194. The van der Waals surface area contributed by atoms with E-state index in [4.69, 9.17) is 0 Å². The van der Waals surface area contributed by atoms with E-state index in [0.29, 0.717) is 33.7 Å². The van der Waals surface area contributed by atoms with E-state index in [-0.39, 0.29) is 24.9 Å². The molecule has 0 saturated carbocycles. The highest BCUT2D eigenvalue weighted by Crippen LogP contribution is 2.34. The number of nitrogens with zero attached hydrogens (tertiary/aromatic N) is 5. The van der Waals surface area contributed by atoms with Crippen molar-refractivity contribution in [3.63, 3.8) is 0 Å². The lowest BCUT2D eigenvalue weighted by atomic mass is 10.0. The lowest BCUT2D eigenvalue weighted by molar-refractivity contribution is -0.0159. The van der Waals surface area contributed by atoms with Crippen molar-refractivity contribution in [1.82, 2.24) is 19.5 Å². The molecule has 9 nitrogen and oxygen atoms in total. The van der Waals surface area contributed by atoms with E-state index >= 15 is 0 Å². The van der Waals surface area contributed by atoms with E-state index in [0.717, 1.165) is 0 Å². The summed E-state index contributed by atoms with van der Waals surface area (Å²) >= 11 is 0. The first-order chi connectivity index (χ1) is 15.1. The van der Waals surface area contributed by atoms with E-state index < -0.39 is 11.8 Å². The van der Waals surface area contributed by atoms with E-state index in [1.54, 1.807) is 49.6 Å². The van der Waals surface area contributed by atoms with Crippen LogP contribution in [0.3, 0.4) is 0 Å². The molecule has 168 valence electrons. The molecule has 4 rings (SSSR count). The maximum Gasteiger partial charge on any atom is 0.261 e. The van der Waals surface area contributed by atoms with Gasteiger partial charge in [0.25, 0.3) is 11.8 Å². The van der Waals surface area contributed by atoms with Crippen LogP contribution in [0.2, 0.25) is 0 Å². The molecule has 0 spiro atoms. The number of hydrogen-bond acceptors (Lipinski definition) is 6. The number of rotatable bonds is 6. The fourth-order valence-electron chi connectivity index (χ4n) is 3.62. The Morgan fingerprint density at radius 1 is 1.38 bits per heavy atom. The Kier molecular flexibility index (Phi) is 5.33. The molecule has 0 bridgehead atoms. The van der Waals surface area contributed by atoms with Gasteiger partial charge in [0.15, 0.2) is 5.65 Å². The van der Waals surface area contributed by atoms with E-state index in [2.05, 4.69) is 15.4 Å². The maximum atomic E-state index is 14.4. The Bertz CT molecular complexity index is 1200. The van der Waals surface area contributed by atoms with Gasteiger partial charge < -0.3 is 20.2 Å². The van der Waals surface area contributed by atoms with Crippen molar-refractivity contribution in [1.29, 1.82) is 0 Å². The molecule has 3 aromatic rings. The summed E-state index contributed by atoms with van der Waals surface area (Å²) in [7, 11) is 3.61. The average Bonchev–Trinajstić information content (AvgIpc) is 3.28. The van der Waals surface area contributed by atoms with Gasteiger partial charge in [-0.3, -0.25) is 9.59 Å². The molecule has 1 atom stereocenters. The largest absolute Gasteiger partial charge is 0.387 e. The topological polar surface area (TPSA) is 103 Å². The van der Waals surface area contributed by atoms with E-state index in [9.17, 15) is 19.1 Å². The van der Waals surface area contributed by atoms with Crippen LogP contribution in [-0.2, 0) is 6.54 Å². The summed E-state index contributed by atoms with van der Waals surface area (Å²) in [6.07, 6.45) is 3.15. The van der Waals surface area contributed by atoms with Gasteiger partial charge in [-0.05, 0) is 37.6 Å². The smallest absolute Gasteiger partial charge is 0.261 e. The third-order valence-electron chi connectivity index (χ3n) is 5.50. The van der Waals surface area contributed by atoms with Crippen molar-refractivity contribution in [2.24, 2.45) is 0 Å². The molecule has 0 radical (unpaired) electrons. The molecular weight excluding hydrogens is 415 g/mol. The Labute approximate surface area is 184 Å². The molecule has 2 aromatic heterocycles. The first kappa shape index (κ1) is 21.7. The van der Waals surface area contributed by atoms with Gasteiger partial charge in [0.1, 0.15) is 11.7 Å². The summed E-state index contributed by atoms with van der Waals surface area (Å²) < 4.78 is 15.9. The highest BCUT2D eigenvalue weighted by atomic mass is 19.1. The summed E-state index contributed by atoms with van der Waals surface area (Å²) in [5.74, 6) is -0.687. The number of anilines is 2. The Balaban J connectivity index is 1.63. The van der Waals surface area contributed by atoms with Crippen molar-refractivity contribution in [3.05, 3.63) is 53.5 Å². The van der Waals surface area contributed by atoms with Crippen molar-refractivity contribution in [3.8, 4) is 0 Å². The molecule has 2 N–H and O–H groups in total. The molecule has 1 aromatic carbocycles. The highest BCUT2D eigenvalue weighted by molar-refractivity contribution is 6.10. The number of alkyl halides is 1. The molecule has 3 heterocycles. The molecule has 2 amide bonds. The second kappa shape index (κ2) is 7.86. The SMILES string of the molecule is CN(C)c1cc2c(cc1NC(=O)c1cnn3cccnc13)CN(C[C@@H](F)C(C)(C)O)C2=O. The fraction of sp³-hybridized carbons (Fsp3) is 0.364. The molecule has 32 heavy (non-hydrogen) atoms. The summed E-state index contributed by atoms with van der Waals surface area (Å²) in [5, 5.41) is 16.9. The Morgan fingerprint density at radius 2 is 2.12 bits per heavy atom. The number of hydrogen-bond donors (Lipinski definition) is 2. The van der Waals surface area contributed by atoms with Gasteiger partial charge in [0.05, 0.1) is 29.7 Å². The zero-order valence-corrected chi connectivity index (χ0v) is 18.3. The molecule has 0 saturated heterocycles. The maximum absolute atomic E-state index is 14.4. The number of carbonyl (C=O) groups is 2. The number of amides is 2. The van der Waals surface area contributed by atoms with E-state index in [1.165, 1.54) is 29.5 Å². The minimum atomic E-state index is -1.59. The molecule has 0 aliphatic carbocycles. The first-order valence-corrected chi connectivity index (χ1v) is 10.2. The zero-order valence-electron chi connectivity index (χ0n) is 18.3. The third-order valence-corrected chi connectivity index (χ3v) is 5.50. The monoisotopic (exact) mass is 440 g/mol. The second-order valence-electron chi connectivity index (χ2n) is 8.63. The predicted molar refractivity (Wildman–Crippen MR) is 118 cm³/mol. The molecular formula is C22H25FN6O3. The normalized spacial score (nSPS) is 14.6. The number of benzene rings is 1. The van der Waals surface area contributed by atoms with Gasteiger partial charge in [-0.25, -0.2) is 13.9 Å². The van der Waals surface area contributed by atoms with Crippen molar-refractivity contribution in [2.75, 3.05) is 30.9 Å². The number of fused-ring (bicyclic) bond motifs is 2. The number of halogens is 1. The van der Waals surface area contributed by atoms with Gasteiger partial charge in [-0.2, -0.15) is 5.10 Å². The van der Waals surface area contributed by atoms with Crippen LogP contribution in [0.15, 0.2) is 36.8 Å². The molecule has 1 aliphatic heterocycles. The van der Waals surface area contributed by atoms with Gasteiger partial charge in [0.2, 0.25) is 0 Å². The summed E-state index contributed by atoms with van der Waals surface area (Å²) in [5.41, 5.74) is 1.48. The first-order valence-electron chi connectivity index (χ1n) is 10.2. The molecule has 1 aliphatic rings. The van der Waals surface area contributed by atoms with Crippen LogP contribution in [0.25, 0.3) is 5.65 Å². The lowest BCUT2D eigenvalue weighted by Gasteiger charge is -2.26. The molecule has 0 unspecified atom stereocenters. The van der Waals surface area contributed by atoms with Crippen LogP contribution in [0.4, 0.5) is 15.8 Å². The number of aliphatic hydroxyl groups is 1. The minimum Gasteiger partial charge on any atom is -0.387 e. The summed E-state index contributed by atoms with van der Waals surface area (Å²) in [6.45, 7) is 2.72. The Morgan fingerprint density at radius 3 is 2.81 bits per heavy atom. The van der Waals surface area contributed by atoms with Crippen LogP contribution in [0, 0.1) is 0 Å². The Hall–Kier alpha value is -3.53. The highest BCUT2D eigenvalue weighted by Gasteiger charge is 2.35. The zero-order chi connectivity index (χ0) is 23.2.